The molecule has 0 aromatic heterocycles. The van der Waals surface area contributed by atoms with Crippen LogP contribution in [0.5, 0.6) is 0 Å². The number of nitrogens with zero attached hydrogens (tertiary/aromatic N) is 1. The minimum absolute atomic E-state index is 0.127. The molecule has 0 aromatic rings. The smallest absolute Gasteiger partial charge is 0.334 e. The normalized spacial score (nSPS) is 12.7. The Morgan fingerprint density at radius 3 is 1.92 bits per heavy atom. The zero-order valence-electron chi connectivity index (χ0n) is 18.6. The van der Waals surface area contributed by atoms with Gasteiger partial charge in [0, 0.05) is 34.2 Å². The van der Waals surface area contributed by atoms with Crippen molar-refractivity contribution < 1.29 is 23.2 Å². The summed E-state index contributed by atoms with van der Waals surface area (Å²) >= 11 is 0. The van der Waals surface area contributed by atoms with E-state index in [-0.39, 0.29) is 23.2 Å². The van der Waals surface area contributed by atoms with E-state index in [1.807, 2.05) is 41.2 Å². The van der Waals surface area contributed by atoms with Crippen molar-refractivity contribution in [2.75, 3.05) is 34.9 Å². The Bertz CT molecular complexity index is 409. The number of rotatable bonds is 10. The van der Waals surface area contributed by atoms with Crippen LogP contribution in [0.1, 0.15) is 53.9 Å². The van der Waals surface area contributed by atoms with Crippen LogP contribution >= 0.6 is 0 Å². The maximum Gasteiger partial charge on any atom is 0.334 e. The summed E-state index contributed by atoms with van der Waals surface area (Å²) in [6.07, 6.45) is 2.50. The van der Waals surface area contributed by atoms with Crippen LogP contribution < -0.4 is 0 Å². The van der Waals surface area contributed by atoms with Gasteiger partial charge >= 0.3 is 14.5 Å². The number of amides is 1. The molecule has 0 aliphatic carbocycles. The number of ether oxygens (including phenoxy) is 1. The maximum atomic E-state index is 11.7. The maximum absolute atomic E-state index is 11.7. The van der Waals surface area contributed by atoms with Crippen molar-refractivity contribution in [3.8, 4) is 0 Å². The Labute approximate surface area is 161 Å². The van der Waals surface area contributed by atoms with E-state index in [4.69, 9.17) is 13.6 Å². The fourth-order valence-corrected chi connectivity index (χ4v) is 3.16. The van der Waals surface area contributed by atoms with Crippen molar-refractivity contribution >= 4 is 20.4 Å². The number of hydrogen-bond acceptors (Lipinski definition) is 5. The first-order valence-electron chi connectivity index (χ1n) is 9.39. The van der Waals surface area contributed by atoms with Gasteiger partial charge in [-0.15, -0.1) is 0 Å². The van der Waals surface area contributed by atoms with Crippen molar-refractivity contribution in [3.63, 3.8) is 0 Å². The van der Waals surface area contributed by atoms with Crippen LogP contribution in [-0.2, 0) is 23.2 Å². The highest BCUT2D eigenvalue weighted by molar-refractivity contribution is 6.65. The molecule has 0 rings (SSSR count). The Kier molecular flexibility index (Phi) is 13.9. The highest BCUT2D eigenvalue weighted by Crippen LogP contribution is 2.22. The molecule has 0 aliphatic rings. The molecule has 0 fully saturated rings. The minimum atomic E-state index is -2.01. The predicted octanol–water partition coefficient (Wildman–Crippen LogP) is 3.84. The van der Waals surface area contributed by atoms with Crippen LogP contribution in [0, 0.1) is 11.3 Å². The first kappa shape index (κ1) is 27.3. The van der Waals surface area contributed by atoms with E-state index in [9.17, 15) is 9.59 Å². The van der Waals surface area contributed by atoms with Crippen LogP contribution in [0.15, 0.2) is 0 Å². The Morgan fingerprint density at radius 1 is 1.12 bits per heavy atom. The van der Waals surface area contributed by atoms with Gasteiger partial charge < -0.3 is 18.5 Å². The standard InChI is InChI=1S/C12H26O4Si.C7H15NO/c1-7-12(2,3)11(13)16-9-8-10-17(6,14-4)15-5;1-5-6(2)7(9)8(3)4/h7-10H2,1-6H3;6H,5H2,1-4H3. The van der Waals surface area contributed by atoms with Crippen LogP contribution in [0.3, 0.4) is 0 Å². The fourth-order valence-electron chi connectivity index (χ4n) is 1.80. The molecule has 0 saturated carbocycles. The molecule has 0 N–H and O–H groups in total. The molecule has 1 atom stereocenters. The summed E-state index contributed by atoms with van der Waals surface area (Å²) < 4.78 is 16.0. The third-order valence-electron chi connectivity index (χ3n) is 4.78. The lowest BCUT2D eigenvalue weighted by atomic mass is 9.91. The lowest BCUT2D eigenvalue weighted by Gasteiger charge is -2.23. The van der Waals surface area contributed by atoms with E-state index < -0.39 is 8.56 Å². The predicted molar refractivity (Wildman–Crippen MR) is 108 cm³/mol. The summed E-state index contributed by atoms with van der Waals surface area (Å²) in [6, 6.07) is 0.833. The molecule has 0 radical (unpaired) electrons. The third kappa shape index (κ3) is 10.9. The fraction of sp³-hybridized carbons (Fsp3) is 0.895. The molecule has 7 heteroatoms. The number of carbonyl (C=O) groups excluding carboxylic acids is 2. The Balaban J connectivity index is 0. The summed E-state index contributed by atoms with van der Waals surface area (Å²) in [4.78, 5) is 24.3. The quantitative estimate of drug-likeness (QED) is 0.321. The van der Waals surface area contributed by atoms with Crippen molar-refractivity contribution in [3.05, 3.63) is 0 Å². The van der Waals surface area contributed by atoms with Crippen molar-refractivity contribution in [1.29, 1.82) is 0 Å². The zero-order chi connectivity index (χ0) is 21.0. The second-order valence-corrected chi connectivity index (χ2v) is 11.1. The van der Waals surface area contributed by atoms with Gasteiger partial charge in [-0.3, -0.25) is 9.59 Å². The number of esters is 1. The molecule has 0 bridgehead atoms. The molecule has 1 unspecified atom stereocenters. The molecule has 26 heavy (non-hydrogen) atoms. The lowest BCUT2D eigenvalue weighted by molar-refractivity contribution is -0.154. The SMILES string of the molecule is CCC(C)(C)C(=O)OCCC[Si](C)(OC)OC.CCC(C)C(=O)N(C)C. The van der Waals surface area contributed by atoms with Crippen molar-refractivity contribution in [1.82, 2.24) is 4.90 Å². The molecular formula is C19H41NO5Si. The van der Waals surface area contributed by atoms with Crippen LogP contribution in [0.25, 0.3) is 0 Å². The molecular weight excluding hydrogens is 350 g/mol. The molecule has 156 valence electrons. The van der Waals surface area contributed by atoms with E-state index >= 15 is 0 Å². The van der Waals surface area contributed by atoms with E-state index in [0.717, 1.165) is 25.3 Å². The first-order valence-corrected chi connectivity index (χ1v) is 11.9. The van der Waals surface area contributed by atoms with Crippen LogP contribution in [0.4, 0.5) is 0 Å². The summed E-state index contributed by atoms with van der Waals surface area (Å²) in [7, 11) is 4.89. The van der Waals surface area contributed by atoms with Gasteiger partial charge in [0.15, 0.2) is 0 Å². The molecule has 0 saturated heterocycles. The average molecular weight is 392 g/mol. The Morgan fingerprint density at radius 2 is 1.62 bits per heavy atom. The topological polar surface area (TPSA) is 65.1 Å². The van der Waals surface area contributed by atoms with E-state index in [0.29, 0.717) is 6.61 Å². The van der Waals surface area contributed by atoms with Gasteiger partial charge in [-0.1, -0.05) is 20.8 Å². The van der Waals surface area contributed by atoms with Crippen LogP contribution in [0.2, 0.25) is 12.6 Å². The molecule has 0 heterocycles. The van der Waals surface area contributed by atoms with Crippen molar-refractivity contribution in [2.45, 2.75) is 66.5 Å². The van der Waals surface area contributed by atoms with E-state index in [1.165, 1.54) is 0 Å². The monoisotopic (exact) mass is 391 g/mol. The second-order valence-electron chi connectivity index (χ2n) is 7.56. The zero-order valence-corrected chi connectivity index (χ0v) is 19.6. The minimum Gasteiger partial charge on any atom is -0.465 e. The van der Waals surface area contributed by atoms with Crippen LogP contribution in [-0.4, -0.2) is 60.3 Å². The van der Waals surface area contributed by atoms with E-state index in [2.05, 4.69) is 0 Å². The molecule has 0 aliphatic heterocycles. The number of hydrogen-bond donors (Lipinski definition) is 0. The number of carbonyl (C=O) groups is 2. The van der Waals surface area contributed by atoms with E-state index in [1.54, 1.807) is 33.2 Å². The molecule has 6 nitrogen and oxygen atoms in total. The second kappa shape index (κ2) is 13.3. The van der Waals surface area contributed by atoms with Gasteiger partial charge in [-0.2, -0.15) is 0 Å². The summed E-state index contributed by atoms with van der Waals surface area (Å²) in [5.74, 6) is 0.274. The van der Waals surface area contributed by atoms with Gasteiger partial charge in [0.2, 0.25) is 5.91 Å². The van der Waals surface area contributed by atoms with Crippen molar-refractivity contribution in [2.24, 2.45) is 11.3 Å². The highest BCUT2D eigenvalue weighted by Gasteiger charge is 2.29. The third-order valence-corrected chi connectivity index (χ3v) is 7.77. The summed E-state index contributed by atoms with van der Waals surface area (Å²) in [6.45, 7) is 12.2. The molecule has 0 aromatic carbocycles. The van der Waals surface area contributed by atoms with Gasteiger partial charge in [0.05, 0.1) is 12.0 Å². The van der Waals surface area contributed by atoms with Gasteiger partial charge in [0.1, 0.15) is 0 Å². The van der Waals surface area contributed by atoms with Gasteiger partial charge in [-0.25, -0.2) is 0 Å². The summed E-state index contributed by atoms with van der Waals surface area (Å²) in [5, 5.41) is 0. The largest absolute Gasteiger partial charge is 0.465 e. The Hall–Kier alpha value is -0.923. The highest BCUT2D eigenvalue weighted by atomic mass is 28.4. The molecule has 0 spiro atoms. The molecule has 1 amide bonds. The van der Waals surface area contributed by atoms with Gasteiger partial charge in [0.25, 0.3) is 0 Å². The first-order chi connectivity index (χ1) is 11.9. The lowest BCUT2D eigenvalue weighted by Crippen LogP contribution is -2.36. The average Bonchev–Trinajstić information content (AvgIpc) is 2.63. The van der Waals surface area contributed by atoms with Gasteiger partial charge in [-0.05, 0) is 45.7 Å². The summed E-state index contributed by atoms with van der Waals surface area (Å²) in [5.41, 5.74) is -0.386.